The summed E-state index contributed by atoms with van der Waals surface area (Å²) in [6.07, 6.45) is 1.34. The Morgan fingerprint density at radius 2 is 1.81 bits per heavy atom. The smallest absolute Gasteiger partial charge is 0.337 e. The second kappa shape index (κ2) is 10.5. The standard InChI is InChI=1S/C24H28N2O5/c1-4-9-18-21(23(27)29-3)22(26-24(28)25-18)17-12-13-19(20(14-17)30-5-2)31-15-16-10-7-6-8-11-16/h6-8,10-14,22H,4-5,9,15H2,1-3H3,(H2,25,26,28). The van der Waals surface area contributed by atoms with E-state index in [0.717, 1.165) is 12.0 Å². The van der Waals surface area contributed by atoms with Gasteiger partial charge in [0, 0.05) is 5.70 Å². The maximum atomic E-state index is 12.6. The summed E-state index contributed by atoms with van der Waals surface area (Å²) in [4.78, 5) is 24.8. The van der Waals surface area contributed by atoms with Crippen molar-refractivity contribution in [1.29, 1.82) is 0 Å². The Morgan fingerprint density at radius 1 is 1.03 bits per heavy atom. The van der Waals surface area contributed by atoms with Crippen molar-refractivity contribution in [3.8, 4) is 11.5 Å². The highest BCUT2D eigenvalue weighted by molar-refractivity contribution is 5.95. The van der Waals surface area contributed by atoms with Gasteiger partial charge in [-0.3, -0.25) is 0 Å². The number of urea groups is 1. The number of nitrogens with one attached hydrogen (secondary N) is 2. The Labute approximate surface area is 182 Å². The molecule has 164 valence electrons. The van der Waals surface area contributed by atoms with E-state index in [-0.39, 0.29) is 6.03 Å². The second-order valence-electron chi connectivity index (χ2n) is 7.08. The van der Waals surface area contributed by atoms with E-state index in [1.165, 1.54) is 7.11 Å². The maximum absolute atomic E-state index is 12.6. The summed E-state index contributed by atoms with van der Waals surface area (Å²) in [5.74, 6) is 0.653. The molecule has 0 bridgehead atoms. The number of hydrogen-bond donors (Lipinski definition) is 2. The number of rotatable bonds is 9. The van der Waals surface area contributed by atoms with Crippen LogP contribution in [0.4, 0.5) is 4.79 Å². The van der Waals surface area contributed by atoms with E-state index in [1.54, 1.807) is 12.1 Å². The largest absolute Gasteiger partial charge is 0.490 e. The lowest BCUT2D eigenvalue weighted by Gasteiger charge is -2.29. The van der Waals surface area contributed by atoms with Crippen LogP contribution in [0.25, 0.3) is 0 Å². The van der Waals surface area contributed by atoms with Crippen molar-refractivity contribution in [3.05, 3.63) is 70.9 Å². The van der Waals surface area contributed by atoms with Gasteiger partial charge in [-0.05, 0) is 36.6 Å². The topological polar surface area (TPSA) is 85.9 Å². The first-order valence-electron chi connectivity index (χ1n) is 10.4. The molecule has 0 radical (unpaired) electrons. The lowest BCUT2D eigenvalue weighted by Crippen LogP contribution is -2.45. The van der Waals surface area contributed by atoms with Gasteiger partial charge in [-0.25, -0.2) is 9.59 Å². The molecule has 0 fully saturated rings. The number of allylic oxidation sites excluding steroid dienone is 1. The molecule has 2 aromatic carbocycles. The van der Waals surface area contributed by atoms with Crippen LogP contribution in [0, 0.1) is 0 Å². The van der Waals surface area contributed by atoms with Gasteiger partial charge in [-0.15, -0.1) is 0 Å². The Kier molecular flexibility index (Phi) is 7.54. The lowest BCUT2D eigenvalue weighted by atomic mass is 9.93. The number of hydrogen-bond acceptors (Lipinski definition) is 5. The van der Waals surface area contributed by atoms with Gasteiger partial charge in [0.2, 0.25) is 0 Å². The normalized spacial score (nSPS) is 15.7. The van der Waals surface area contributed by atoms with Crippen molar-refractivity contribution in [2.24, 2.45) is 0 Å². The number of carbonyl (C=O) groups excluding carboxylic acids is 2. The van der Waals surface area contributed by atoms with Gasteiger partial charge in [0.1, 0.15) is 6.61 Å². The minimum Gasteiger partial charge on any atom is -0.490 e. The van der Waals surface area contributed by atoms with Crippen LogP contribution < -0.4 is 20.1 Å². The van der Waals surface area contributed by atoms with Crippen molar-refractivity contribution < 1.29 is 23.8 Å². The van der Waals surface area contributed by atoms with Crippen molar-refractivity contribution in [2.45, 2.75) is 39.3 Å². The first kappa shape index (κ1) is 22.2. The SMILES string of the molecule is CCCC1=C(C(=O)OC)C(c2ccc(OCc3ccccc3)c(OCC)c2)NC(=O)N1. The van der Waals surface area contributed by atoms with Crippen LogP contribution in [0.1, 0.15) is 43.9 Å². The van der Waals surface area contributed by atoms with Gasteiger partial charge in [-0.2, -0.15) is 0 Å². The number of ether oxygens (including phenoxy) is 3. The summed E-state index contributed by atoms with van der Waals surface area (Å²) < 4.78 is 16.8. The van der Waals surface area contributed by atoms with E-state index >= 15 is 0 Å². The lowest BCUT2D eigenvalue weighted by molar-refractivity contribution is -0.136. The molecule has 1 heterocycles. The van der Waals surface area contributed by atoms with Gasteiger partial charge < -0.3 is 24.8 Å². The average molecular weight is 424 g/mol. The molecule has 1 aliphatic rings. The third kappa shape index (κ3) is 5.36. The minimum absolute atomic E-state index is 0.358. The molecule has 1 aliphatic heterocycles. The number of benzene rings is 2. The summed E-state index contributed by atoms with van der Waals surface area (Å²) in [5.41, 5.74) is 2.72. The van der Waals surface area contributed by atoms with Crippen molar-refractivity contribution in [3.63, 3.8) is 0 Å². The van der Waals surface area contributed by atoms with Crippen LogP contribution in [-0.4, -0.2) is 25.7 Å². The Balaban J connectivity index is 1.94. The third-order valence-corrected chi connectivity index (χ3v) is 4.90. The van der Waals surface area contributed by atoms with Crippen LogP contribution in [-0.2, 0) is 16.1 Å². The Hall–Kier alpha value is -3.48. The molecular formula is C24H28N2O5. The monoisotopic (exact) mass is 424 g/mol. The van der Waals surface area contributed by atoms with Crippen LogP contribution >= 0.6 is 0 Å². The summed E-state index contributed by atoms with van der Waals surface area (Å²) in [6.45, 7) is 4.72. The van der Waals surface area contributed by atoms with E-state index < -0.39 is 12.0 Å². The second-order valence-corrected chi connectivity index (χ2v) is 7.08. The fraction of sp³-hybridized carbons (Fsp3) is 0.333. The Bertz CT molecular complexity index is 956. The highest BCUT2D eigenvalue weighted by Crippen LogP contribution is 2.35. The van der Waals surface area contributed by atoms with Crippen LogP contribution in [0.15, 0.2) is 59.8 Å². The molecule has 2 aromatic rings. The number of methoxy groups -OCH3 is 1. The first-order valence-corrected chi connectivity index (χ1v) is 10.4. The Morgan fingerprint density at radius 3 is 2.48 bits per heavy atom. The molecule has 0 saturated carbocycles. The number of amides is 2. The molecule has 1 atom stereocenters. The first-order chi connectivity index (χ1) is 15.1. The van der Waals surface area contributed by atoms with E-state index in [1.807, 2.05) is 50.2 Å². The van der Waals surface area contributed by atoms with Crippen LogP contribution in [0.3, 0.4) is 0 Å². The van der Waals surface area contributed by atoms with E-state index in [2.05, 4.69) is 10.6 Å². The zero-order chi connectivity index (χ0) is 22.2. The summed E-state index contributed by atoms with van der Waals surface area (Å²) in [5, 5.41) is 5.57. The highest BCUT2D eigenvalue weighted by atomic mass is 16.5. The quantitative estimate of drug-likeness (QED) is 0.588. The maximum Gasteiger partial charge on any atom is 0.337 e. The molecular weight excluding hydrogens is 396 g/mol. The van der Waals surface area contributed by atoms with Crippen LogP contribution in [0.5, 0.6) is 11.5 Å². The van der Waals surface area contributed by atoms with Crippen molar-refractivity contribution in [2.75, 3.05) is 13.7 Å². The average Bonchev–Trinajstić information content (AvgIpc) is 2.78. The van der Waals surface area contributed by atoms with E-state index in [0.29, 0.717) is 48.0 Å². The molecule has 2 N–H and O–H groups in total. The molecule has 2 amide bonds. The zero-order valence-electron chi connectivity index (χ0n) is 18.1. The predicted octanol–water partition coefficient (Wildman–Crippen LogP) is 4.25. The molecule has 0 spiro atoms. The van der Waals surface area contributed by atoms with Gasteiger partial charge in [0.15, 0.2) is 11.5 Å². The van der Waals surface area contributed by atoms with Crippen molar-refractivity contribution in [1.82, 2.24) is 10.6 Å². The van der Waals surface area contributed by atoms with Gasteiger partial charge >= 0.3 is 12.0 Å². The molecule has 0 saturated heterocycles. The van der Waals surface area contributed by atoms with Gasteiger partial charge in [0.25, 0.3) is 0 Å². The molecule has 1 unspecified atom stereocenters. The predicted molar refractivity (Wildman–Crippen MR) is 117 cm³/mol. The molecule has 0 aromatic heterocycles. The van der Waals surface area contributed by atoms with Gasteiger partial charge in [-0.1, -0.05) is 49.7 Å². The third-order valence-electron chi connectivity index (χ3n) is 4.90. The van der Waals surface area contributed by atoms with E-state index in [9.17, 15) is 9.59 Å². The number of esters is 1. The fourth-order valence-corrected chi connectivity index (χ4v) is 3.49. The number of carbonyl (C=O) groups is 2. The molecule has 31 heavy (non-hydrogen) atoms. The summed E-state index contributed by atoms with van der Waals surface area (Å²) in [6, 6.07) is 14.3. The zero-order valence-corrected chi connectivity index (χ0v) is 18.1. The molecule has 0 aliphatic carbocycles. The minimum atomic E-state index is -0.648. The van der Waals surface area contributed by atoms with Gasteiger partial charge in [0.05, 0.1) is 25.3 Å². The van der Waals surface area contributed by atoms with Crippen molar-refractivity contribution >= 4 is 12.0 Å². The van der Waals surface area contributed by atoms with E-state index in [4.69, 9.17) is 14.2 Å². The molecule has 7 nitrogen and oxygen atoms in total. The molecule has 7 heteroatoms. The summed E-state index contributed by atoms with van der Waals surface area (Å²) in [7, 11) is 1.33. The summed E-state index contributed by atoms with van der Waals surface area (Å²) >= 11 is 0. The highest BCUT2D eigenvalue weighted by Gasteiger charge is 2.33. The van der Waals surface area contributed by atoms with Crippen LogP contribution in [0.2, 0.25) is 0 Å². The molecule has 3 rings (SSSR count). The fourth-order valence-electron chi connectivity index (χ4n) is 3.49.